The molecule has 0 fully saturated rings. The average molecular weight is 371 g/mol. The lowest BCUT2D eigenvalue weighted by Crippen LogP contribution is -2.25. The molecule has 3 nitrogen and oxygen atoms in total. The van der Waals surface area contributed by atoms with Gasteiger partial charge in [0.05, 0.1) is 11.1 Å². The van der Waals surface area contributed by atoms with Crippen molar-refractivity contribution in [1.29, 1.82) is 5.26 Å². The second kappa shape index (κ2) is 14.0. The van der Waals surface area contributed by atoms with E-state index in [-0.39, 0.29) is 5.91 Å². The average Bonchev–Trinajstić information content (AvgIpc) is 2.66. The molecule has 4 heteroatoms. The molecule has 140 valence electrons. The highest BCUT2D eigenvalue weighted by Crippen LogP contribution is 2.32. The van der Waals surface area contributed by atoms with Crippen LogP contribution in [0.15, 0.2) is 64.4 Å². The van der Waals surface area contributed by atoms with Crippen molar-refractivity contribution in [3.63, 3.8) is 0 Å². The summed E-state index contributed by atoms with van der Waals surface area (Å²) in [7, 11) is 0. The van der Waals surface area contributed by atoms with Gasteiger partial charge >= 0.3 is 0 Å². The number of amides is 1. The Kier molecular flexibility index (Phi) is 12.8. The molecule has 0 aliphatic heterocycles. The minimum atomic E-state index is -0.0910. The number of allylic oxidation sites excluding steroid dienone is 4. The monoisotopic (exact) mass is 370 g/mol. The predicted octanol–water partition coefficient (Wildman–Crippen LogP) is 6.12. The van der Waals surface area contributed by atoms with Gasteiger partial charge < -0.3 is 5.32 Å². The quantitative estimate of drug-likeness (QED) is 0.341. The van der Waals surface area contributed by atoms with Gasteiger partial charge in [0.15, 0.2) is 0 Å². The smallest absolute Gasteiger partial charge is 0.252 e. The summed E-state index contributed by atoms with van der Waals surface area (Å²) in [5.41, 5.74) is 1.15. The van der Waals surface area contributed by atoms with Gasteiger partial charge in [-0.15, -0.1) is 0 Å². The normalized spacial score (nSPS) is 11.3. The molecule has 0 unspecified atom stereocenters. The molecule has 0 heterocycles. The van der Waals surface area contributed by atoms with Crippen LogP contribution in [0, 0.1) is 17.2 Å². The van der Waals surface area contributed by atoms with Crippen molar-refractivity contribution in [3.05, 3.63) is 65.1 Å². The maximum absolute atomic E-state index is 12.4. The SMILES string of the molecule is C=C/C(Sc1ccccc1C(=O)NCCC(C)C)=C(C#N)\C=C/C.CC. The molecule has 0 atom stereocenters. The van der Waals surface area contributed by atoms with Gasteiger partial charge in [-0.3, -0.25) is 4.79 Å². The van der Waals surface area contributed by atoms with Crippen LogP contribution in [0.3, 0.4) is 0 Å². The molecule has 0 bridgehead atoms. The number of carbonyl (C=O) groups excluding carboxylic acids is 1. The molecule has 1 amide bonds. The lowest BCUT2D eigenvalue weighted by molar-refractivity contribution is 0.0949. The maximum Gasteiger partial charge on any atom is 0.252 e. The molecule has 0 aliphatic rings. The molecule has 1 aromatic carbocycles. The third kappa shape index (κ3) is 8.22. The summed E-state index contributed by atoms with van der Waals surface area (Å²) in [6.07, 6.45) is 6.15. The number of benzene rings is 1. The first-order chi connectivity index (χ1) is 12.5. The van der Waals surface area contributed by atoms with Crippen LogP contribution in [0.5, 0.6) is 0 Å². The summed E-state index contributed by atoms with van der Waals surface area (Å²) in [5.74, 6) is 0.455. The first-order valence-electron chi connectivity index (χ1n) is 8.98. The van der Waals surface area contributed by atoms with Gasteiger partial charge in [0, 0.05) is 16.3 Å². The van der Waals surface area contributed by atoms with Gasteiger partial charge in [-0.05, 0) is 37.5 Å². The Hall–Kier alpha value is -2.25. The lowest BCUT2D eigenvalue weighted by Gasteiger charge is -2.11. The van der Waals surface area contributed by atoms with Crippen LogP contribution in [0.2, 0.25) is 0 Å². The van der Waals surface area contributed by atoms with Crippen molar-refractivity contribution < 1.29 is 4.79 Å². The first-order valence-corrected chi connectivity index (χ1v) is 9.79. The van der Waals surface area contributed by atoms with Gasteiger partial charge in [0.1, 0.15) is 6.07 Å². The summed E-state index contributed by atoms with van der Waals surface area (Å²) < 4.78 is 0. The Morgan fingerprint density at radius 1 is 1.35 bits per heavy atom. The minimum absolute atomic E-state index is 0.0910. The van der Waals surface area contributed by atoms with Crippen molar-refractivity contribution in [2.75, 3.05) is 6.54 Å². The molecule has 1 aromatic rings. The first kappa shape index (κ1) is 23.8. The van der Waals surface area contributed by atoms with Gasteiger partial charge in [-0.1, -0.05) is 70.3 Å². The summed E-state index contributed by atoms with van der Waals surface area (Å²) >= 11 is 1.38. The molecule has 0 saturated heterocycles. The number of rotatable bonds is 8. The fourth-order valence-corrected chi connectivity index (χ4v) is 2.94. The van der Waals surface area contributed by atoms with Gasteiger partial charge in [0.2, 0.25) is 0 Å². The number of hydrogen-bond donors (Lipinski definition) is 1. The lowest BCUT2D eigenvalue weighted by atomic mass is 10.1. The Morgan fingerprint density at radius 3 is 2.54 bits per heavy atom. The Bertz CT molecular complexity index is 682. The summed E-state index contributed by atoms with van der Waals surface area (Å²) in [5, 5.41) is 12.2. The maximum atomic E-state index is 12.4. The highest BCUT2D eigenvalue weighted by Gasteiger charge is 2.13. The van der Waals surface area contributed by atoms with E-state index in [9.17, 15) is 10.1 Å². The number of carbonyl (C=O) groups is 1. The number of hydrogen-bond acceptors (Lipinski definition) is 3. The van der Waals surface area contributed by atoms with Crippen molar-refractivity contribution >= 4 is 17.7 Å². The zero-order chi connectivity index (χ0) is 19.9. The molecule has 1 rings (SSSR count). The van der Waals surface area contributed by atoms with E-state index in [0.717, 1.165) is 16.2 Å². The molecule has 0 radical (unpaired) electrons. The van der Waals surface area contributed by atoms with Crippen LogP contribution in [0.4, 0.5) is 0 Å². The summed E-state index contributed by atoms with van der Waals surface area (Å²) in [6.45, 7) is 14.6. The number of nitrogens with one attached hydrogen (secondary N) is 1. The largest absolute Gasteiger partial charge is 0.352 e. The third-order valence-corrected chi connectivity index (χ3v) is 4.45. The Morgan fingerprint density at radius 2 is 2.00 bits per heavy atom. The second-order valence-corrected chi connectivity index (χ2v) is 6.71. The molecular formula is C22H30N2OS. The van der Waals surface area contributed by atoms with Crippen molar-refractivity contribution in [2.24, 2.45) is 5.92 Å². The molecule has 0 aromatic heterocycles. The van der Waals surface area contributed by atoms with E-state index in [1.54, 1.807) is 18.2 Å². The van der Waals surface area contributed by atoms with Crippen LogP contribution in [0.25, 0.3) is 0 Å². The third-order valence-electron chi connectivity index (χ3n) is 3.26. The highest BCUT2D eigenvalue weighted by atomic mass is 32.2. The van der Waals surface area contributed by atoms with Crippen molar-refractivity contribution in [1.82, 2.24) is 5.32 Å². The van der Waals surface area contributed by atoms with Gasteiger partial charge in [-0.25, -0.2) is 0 Å². The van der Waals surface area contributed by atoms with E-state index in [4.69, 9.17) is 0 Å². The van der Waals surface area contributed by atoms with E-state index in [0.29, 0.717) is 23.6 Å². The summed E-state index contributed by atoms with van der Waals surface area (Å²) in [4.78, 5) is 14.0. The van der Waals surface area contributed by atoms with E-state index < -0.39 is 0 Å². The fraction of sp³-hybridized carbons (Fsp3) is 0.364. The van der Waals surface area contributed by atoms with Crippen molar-refractivity contribution in [3.8, 4) is 6.07 Å². The minimum Gasteiger partial charge on any atom is -0.352 e. The number of thioether (sulfide) groups is 1. The number of nitriles is 1. The molecule has 0 saturated carbocycles. The second-order valence-electron chi connectivity index (χ2n) is 5.63. The van der Waals surface area contributed by atoms with Crippen LogP contribution in [0.1, 0.15) is 51.4 Å². The standard InChI is InChI=1S/C20H24N2OS.C2H6/c1-5-9-16(14-21)18(6-2)24-19-11-8-7-10-17(19)20(23)22-13-12-15(3)4;1-2/h5-11,15H,2,12-13H2,1,3-4H3,(H,22,23);1-2H3/b9-5-,18-16-;. The van der Waals surface area contributed by atoms with Crippen LogP contribution in [-0.4, -0.2) is 12.5 Å². The van der Waals surface area contributed by atoms with Crippen LogP contribution >= 0.6 is 11.8 Å². The van der Waals surface area contributed by atoms with Crippen LogP contribution in [-0.2, 0) is 0 Å². The zero-order valence-electron chi connectivity index (χ0n) is 16.5. The molecule has 26 heavy (non-hydrogen) atoms. The Balaban J connectivity index is 0.00000301. The van der Waals surface area contributed by atoms with E-state index in [1.807, 2.05) is 45.0 Å². The van der Waals surface area contributed by atoms with Crippen molar-refractivity contribution in [2.45, 2.75) is 45.9 Å². The number of nitrogens with zero attached hydrogens (tertiary/aromatic N) is 1. The van der Waals surface area contributed by atoms with Crippen LogP contribution < -0.4 is 5.32 Å². The Labute approximate surface area is 162 Å². The highest BCUT2D eigenvalue weighted by molar-refractivity contribution is 8.03. The van der Waals surface area contributed by atoms with Gasteiger partial charge in [0.25, 0.3) is 5.91 Å². The van der Waals surface area contributed by atoms with E-state index in [1.165, 1.54) is 11.8 Å². The zero-order valence-corrected chi connectivity index (χ0v) is 17.3. The van der Waals surface area contributed by atoms with E-state index >= 15 is 0 Å². The molecule has 1 N–H and O–H groups in total. The summed E-state index contributed by atoms with van der Waals surface area (Å²) in [6, 6.07) is 9.58. The van der Waals surface area contributed by atoms with Gasteiger partial charge in [-0.2, -0.15) is 5.26 Å². The molecule has 0 aliphatic carbocycles. The topological polar surface area (TPSA) is 52.9 Å². The molecular weight excluding hydrogens is 340 g/mol. The van der Waals surface area contributed by atoms with E-state index in [2.05, 4.69) is 31.8 Å². The molecule has 0 spiro atoms. The fourth-order valence-electron chi connectivity index (χ4n) is 1.98. The predicted molar refractivity (Wildman–Crippen MR) is 113 cm³/mol.